The molecular weight excluding hydrogens is 394 g/mol. The second kappa shape index (κ2) is 8.24. The highest BCUT2D eigenvalue weighted by Crippen LogP contribution is 2.24. The Labute approximate surface area is 172 Å². The third-order valence-electron chi connectivity index (χ3n) is 4.34. The first kappa shape index (κ1) is 20.2. The number of carbonyl (C=O) groups is 1. The van der Waals surface area contributed by atoms with E-state index in [0.29, 0.717) is 16.4 Å². The number of aromatic nitrogens is 2. The summed E-state index contributed by atoms with van der Waals surface area (Å²) in [5.41, 5.74) is 6.76. The van der Waals surface area contributed by atoms with Gasteiger partial charge in [0.2, 0.25) is 0 Å². The summed E-state index contributed by atoms with van der Waals surface area (Å²) in [6.45, 7) is 5.76. The van der Waals surface area contributed by atoms with Crippen LogP contribution >= 0.6 is 11.6 Å². The summed E-state index contributed by atoms with van der Waals surface area (Å²) in [6, 6.07) is 11.2. The van der Waals surface area contributed by atoms with E-state index in [1.54, 1.807) is 11.6 Å². The average Bonchev–Trinajstić information content (AvgIpc) is 2.97. The van der Waals surface area contributed by atoms with Gasteiger partial charge >= 0.3 is 0 Å². The van der Waals surface area contributed by atoms with Crippen molar-refractivity contribution in [1.82, 2.24) is 15.2 Å². The van der Waals surface area contributed by atoms with Crippen LogP contribution in [0.2, 0.25) is 5.15 Å². The molecule has 3 rings (SSSR count). The van der Waals surface area contributed by atoms with E-state index in [9.17, 15) is 14.9 Å². The highest BCUT2D eigenvalue weighted by Gasteiger charge is 2.15. The molecule has 0 fully saturated rings. The second-order valence-corrected chi connectivity index (χ2v) is 6.85. The first-order valence-corrected chi connectivity index (χ1v) is 9.06. The molecule has 0 atom stereocenters. The Balaban J connectivity index is 1.79. The number of nitro benzene ring substituents is 1. The number of non-ortho nitro benzene ring substituents is 1. The lowest BCUT2D eigenvalue weighted by Gasteiger charge is -2.08. The molecule has 8 nitrogen and oxygen atoms in total. The van der Waals surface area contributed by atoms with Crippen LogP contribution in [0.1, 0.15) is 32.7 Å². The number of hydrazone groups is 1. The van der Waals surface area contributed by atoms with Gasteiger partial charge in [-0.15, -0.1) is 0 Å². The zero-order valence-electron chi connectivity index (χ0n) is 16.0. The van der Waals surface area contributed by atoms with Crippen molar-refractivity contribution >= 4 is 29.4 Å². The van der Waals surface area contributed by atoms with Crippen LogP contribution in [-0.4, -0.2) is 26.8 Å². The Morgan fingerprint density at radius 3 is 2.55 bits per heavy atom. The largest absolute Gasteiger partial charge is 0.271 e. The van der Waals surface area contributed by atoms with Crippen LogP contribution in [0, 0.1) is 30.9 Å². The number of hydrogen-bond acceptors (Lipinski definition) is 5. The topological polar surface area (TPSA) is 102 Å². The maximum Gasteiger partial charge on any atom is 0.271 e. The van der Waals surface area contributed by atoms with E-state index < -0.39 is 10.8 Å². The zero-order valence-corrected chi connectivity index (χ0v) is 16.8. The number of nitrogens with zero attached hydrogens (tertiary/aromatic N) is 4. The smallest absolute Gasteiger partial charge is 0.267 e. The fourth-order valence-corrected chi connectivity index (χ4v) is 3.03. The molecule has 0 saturated heterocycles. The summed E-state index contributed by atoms with van der Waals surface area (Å²) < 4.78 is 1.64. The average molecular weight is 412 g/mol. The monoisotopic (exact) mass is 411 g/mol. The van der Waals surface area contributed by atoms with Crippen molar-refractivity contribution in [2.24, 2.45) is 5.10 Å². The normalized spacial score (nSPS) is 11.0. The molecule has 9 heteroatoms. The Morgan fingerprint density at radius 2 is 1.90 bits per heavy atom. The van der Waals surface area contributed by atoms with Crippen LogP contribution < -0.4 is 5.43 Å². The van der Waals surface area contributed by atoms with Crippen LogP contribution in [0.15, 0.2) is 47.6 Å². The molecule has 0 bridgehead atoms. The molecule has 1 aromatic heterocycles. The van der Waals surface area contributed by atoms with Crippen molar-refractivity contribution in [3.8, 4) is 5.69 Å². The van der Waals surface area contributed by atoms with Crippen molar-refractivity contribution in [3.63, 3.8) is 0 Å². The molecule has 1 amide bonds. The van der Waals surface area contributed by atoms with E-state index in [4.69, 9.17) is 11.6 Å². The number of hydrogen-bond donors (Lipinski definition) is 1. The molecule has 1 heterocycles. The molecular formula is C20H18ClN5O3. The third kappa shape index (κ3) is 4.33. The molecule has 0 saturated carbocycles. The minimum atomic E-state index is -0.530. The number of benzene rings is 2. The van der Waals surface area contributed by atoms with Crippen LogP contribution in [0.5, 0.6) is 0 Å². The highest BCUT2D eigenvalue weighted by atomic mass is 35.5. The number of nitro groups is 1. The Morgan fingerprint density at radius 1 is 1.21 bits per heavy atom. The molecule has 0 unspecified atom stereocenters. The van der Waals surface area contributed by atoms with Gasteiger partial charge in [0.25, 0.3) is 11.6 Å². The molecule has 148 valence electrons. The molecule has 3 aromatic rings. The third-order valence-corrected chi connectivity index (χ3v) is 4.70. The molecule has 29 heavy (non-hydrogen) atoms. The van der Waals surface area contributed by atoms with Gasteiger partial charge in [0, 0.05) is 17.7 Å². The Bertz CT molecular complexity index is 1120. The van der Waals surface area contributed by atoms with Gasteiger partial charge in [0.05, 0.1) is 28.1 Å². The van der Waals surface area contributed by atoms with Crippen LogP contribution in [0.4, 0.5) is 5.69 Å². The van der Waals surface area contributed by atoms with E-state index in [2.05, 4.69) is 15.6 Å². The SMILES string of the molecule is Cc1ccc(C)c(-n2nc(C)c(/C=N\NC(=O)c3ccc([N+](=O)[O-])cc3)c2Cl)c1. The number of nitrogens with one attached hydrogen (secondary N) is 1. The highest BCUT2D eigenvalue weighted by molar-refractivity contribution is 6.32. The van der Waals surface area contributed by atoms with Crippen molar-refractivity contribution in [2.45, 2.75) is 20.8 Å². The number of aryl methyl sites for hydroxylation is 3. The number of rotatable bonds is 5. The van der Waals surface area contributed by atoms with E-state index in [1.165, 1.54) is 30.5 Å². The minimum Gasteiger partial charge on any atom is -0.267 e. The predicted molar refractivity (Wildman–Crippen MR) is 111 cm³/mol. The molecule has 1 N–H and O–H groups in total. The predicted octanol–water partition coefficient (Wildman–Crippen LogP) is 4.12. The van der Waals surface area contributed by atoms with E-state index in [-0.39, 0.29) is 11.3 Å². The van der Waals surface area contributed by atoms with Gasteiger partial charge in [-0.25, -0.2) is 10.1 Å². The minimum absolute atomic E-state index is 0.0914. The summed E-state index contributed by atoms with van der Waals surface area (Å²) >= 11 is 6.50. The molecule has 0 aliphatic carbocycles. The summed E-state index contributed by atoms with van der Waals surface area (Å²) in [4.78, 5) is 22.3. The van der Waals surface area contributed by atoms with Gasteiger partial charge < -0.3 is 0 Å². The van der Waals surface area contributed by atoms with Crippen LogP contribution in [0.25, 0.3) is 5.69 Å². The number of carbonyl (C=O) groups excluding carboxylic acids is 1. The Kier molecular flexibility index (Phi) is 5.74. The first-order chi connectivity index (χ1) is 13.8. The number of amides is 1. The van der Waals surface area contributed by atoms with E-state index >= 15 is 0 Å². The van der Waals surface area contributed by atoms with Crippen LogP contribution in [0.3, 0.4) is 0 Å². The fraction of sp³-hybridized carbons (Fsp3) is 0.150. The standard InChI is InChI=1S/C20H18ClN5O3/c1-12-4-5-13(2)18(10-12)25-19(21)17(14(3)24-25)11-22-23-20(27)15-6-8-16(9-7-15)26(28)29/h4-11H,1-3H3,(H,23,27)/b22-11-. The van der Waals surface area contributed by atoms with Gasteiger partial charge in [-0.05, 0) is 50.1 Å². The van der Waals surface area contributed by atoms with Gasteiger partial charge in [0.1, 0.15) is 5.15 Å². The lowest BCUT2D eigenvalue weighted by molar-refractivity contribution is -0.384. The van der Waals surface area contributed by atoms with Gasteiger partial charge in [-0.2, -0.15) is 10.2 Å². The van der Waals surface area contributed by atoms with Crippen molar-refractivity contribution in [2.75, 3.05) is 0 Å². The summed E-state index contributed by atoms with van der Waals surface area (Å²) in [6.07, 6.45) is 1.43. The van der Waals surface area contributed by atoms with Crippen molar-refractivity contribution < 1.29 is 9.72 Å². The van der Waals surface area contributed by atoms with E-state index in [1.807, 2.05) is 32.0 Å². The number of halogens is 1. The molecule has 0 aliphatic heterocycles. The maximum atomic E-state index is 12.1. The first-order valence-electron chi connectivity index (χ1n) is 8.68. The lowest BCUT2D eigenvalue weighted by atomic mass is 10.1. The Hall–Kier alpha value is -3.52. The molecule has 0 radical (unpaired) electrons. The maximum absolute atomic E-state index is 12.1. The quantitative estimate of drug-likeness (QED) is 0.387. The van der Waals surface area contributed by atoms with E-state index in [0.717, 1.165) is 16.8 Å². The van der Waals surface area contributed by atoms with Crippen LogP contribution in [-0.2, 0) is 0 Å². The summed E-state index contributed by atoms with van der Waals surface area (Å²) in [7, 11) is 0. The second-order valence-electron chi connectivity index (χ2n) is 6.49. The fourth-order valence-electron chi connectivity index (χ4n) is 2.72. The summed E-state index contributed by atoms with van der Waals surface area (Å²) in [5.74, 6) is -0.494. The van der Waals surface area contributed by atoms with Gasteiger partial charge in [-0.3, -0.25) is 14.9 Å². The molecule has 0 aliphatic rings. The molecule has 0 spiro atoms. The lowest BCUT2D eigenvalue weighted by Crippen LogP contribution is -2.17. The zero-order chi connectivity index (χ0) is 21.1. The van der Waals surface area contributed by atoms with Crippen molar-refractivity contribution in [1.29, 1.82) is 0 Å². The van der Waals surface area contributed by atoms with Gasteiger partial charge in [0.15, 0.2) is 0 Å². The van der Waals surface area contributed by atoms with Crippen molar-refractivity contribution in [3.05, 3.63) is 85.7 Å². The van der Waals surface area contributed by atoms with Gasteiger partial charge in [-0.1, -0.05) is 23.7 Å². The molecule has 2 aromatic carbocycles. The summed E-state index contributed by atoms with van der Waals surface area (Å²) in [5, 5.41) is 19.5.